The highest BCUT2D eigenvalue weighted by Crippen LogP contribution is 2.18. The number of carbonyl (C=O) groups excluding carboxylic acids is 2. The lowest BCUT2D eigenvalue weighted by Crippen LogP contribution is -2.43. The predicted molar refractivity (Wildman–Crippen MR) is 62.3 cm³/mol. The molecular formula is C12H14N2O2. The average Bonchev–Trinajstić information content (AvgIpc) is 2.39. The van der Waals surface area contributed by atoms with E-state index in [1.54, 1.807) is 12.1 Å². The van der Waals surface area contributed by atoms with Crippen molar-refractivity contribution in [1.82, 2.24) is 5.32 Å². The van der Waals surface area contributed by atoms with Gasteiger partial charge < -0.3 is 10.2 Å². The van der Waals surface area contributed by atoms with Gasteiger partial charge in [-0.05, 0) is 18.2 Å². The third-order valence-electron chi connectivity index (χ3n) is 2.81. The van der Waals surface area contributed by atoms with Crippen LogP contribution in [-0.4, -0.2) is 38.8 Å². The third-order valence-corrected chi connectivity index (χ3v) is 2.81. The molecule has 0 amide bonds. The van der Waals surface area contributed by atoms with E-state index < -0.39 is 0 Å². The van der Waals surface area contributed by atoms with Gasteiger partial charge in [0.2, 0.25) is 0 Å². The standard InChI is InChI=1S/C12H14N2O2/c15-8-10-1-2-12(7-11(10)9-16)14-5-3-13-4-6-14/h1-2,7-9,13H,3-6H2. The van der Waals surface area contributed by atoms with Crippen molar-refractivity contribution in [3.63, 3.8) is 0 Å². The molecule has 1 aromatic rings. The zero-order valence-electron chi connectivity index (χ0n) is 8.98. The minimum Gasteiger partial charge on any atom is -0.369 e. The SMILES string of the molecule is O=Cc1ccc(N2CCNCC2)cc1C=O. The summed E-state index contributed by atoms with van der Waals surface area (Å²) in [5.41, 5.74) is 1.93. The topological polar surface area (TPSA) is 49.4 Å². The van der Waals surface area contributed by atoms with Gasteiger partial charge in [0.1, 0.15) is 0 Å². The Morgan fingerprint density at radius 2 is 1.75 bits per heavy atom. The van der Waals surface area contributed by atoms with E-state index in [0.717, 1.165) is 38.2 Å². The molecule has 1 aliphatic rings. The summed E-state index contributed by atoms with van der Waals surface area (Å²) in [4.78, 5) is 23.7. The van der Waals surface area contributed by atoms with Crippen LogP contribution in [0.1, 0.15) is 20.7 Å². The summed E-state index contributed by atoms with van der Waals surface area (Å²) < 4.78 is 0. The van der Waals surface area contributed by atoms with E-state index in [9.17, 15) is 9.59 Å². The quantitative estimate of drug-likeness (QED) is 0.759. The number of benzene rings is 1. The van der Waals surface area contributed by atoms with Crippen LogP contribution in [0, 0.1) is 0 Å². The zero-order valence-corrected chi connectivity index (χ0v) is 8.98. The molecule has 0 aromatic heterocycles. The van der Waals surface area contributed by atoms with Crippen molar-refractivity contribution in [2.45, 2.75) is 0 Å². The Kier molecular flexibility index (Phi) is 3.31. The van der Waals surface area contributed by atoms with Crippen LogP contribution in [0.5, 0.6) is 0 Å². The number of aldehydes is 2. The number of piperazine rings is 1. The molecule has 0 atom stereocenters. The molecule has 0 spiro atoms. The lowest BCUT2D eigenvalue weighted by Gasteiger charge is -2.29. The molecule has 0 aliphatic carbocycles. The Labute approximate surface area is 94.2 Å². The van der Waals surface area contributed by atoms with E-state index in [4.69, 9.17) is 0 Å². The van der Waals surface area contributed by atoms with Crippen molar-refractivity contribution < 1.29 is 9.59 Å². The molecule has 1 aromatic carbocycles. The second kappa shape index (κ2) is 4.90. The van der Waals surface area contributed by atoms with Crippen LogP contribution in [0.25, 0.3) is 0 Å². The number of nitrogens with zero attached hydrogens (tertiary/aromatic N) is 1. The van der Waals surface area contributed by atoms with Crippen molar-refractivity contribution in [3.8, 4) is 0 Å². The fourth-order valence-corrected chi connectivity index (χ4v) is 1.89. The number of anilines is 1. The molecule has 0 radical (unpaired) electrons. The second-order valence-electron chi connectivity index (χ2n) is 3.79. The molecule has 4 heteroatoms. The number of carbonyl (C=O) groups is 2. The number of rotatable bonds is 3. The van der Waals surface area contributed by atoms with Gasteiger partial charge in [0.05, 0.1) is 0 Å². The molecule has 0 bridgehead atoms. The first-order chi connectivity index (χ1) is 7.85. The maximum absolute atomic E-state index is 10.8. The first-order valence-corrected chi connectivity index (χ1v) is 5.35. The summed E-state index contributed by atoms with van der Waals surface area (Å²) in [6.07, 6.45) is 1.45. The Morgan fingerprint density at radius 1 is 1.06 bits per heavy atom. The largest absolute Gasteiger partial charge is 0.369 e. The van der Waals surface area contributed by atoms with Gasteiger partial charge in [-0.1, -0.05) is 0 Å². The van der Waals surface area contributed by atoms with Crippen LogP contribution in [0.2, 0.25) is 0 Å². The lowest BCUT2D eigenvalue weighted by atomic mass is 10.1. The fourth-order valence-electron chi connectivity index (χ4n) is 1.89. The molecule has 0 unspecified atom stereocenters. The molecule has 1 N–H and O–H groups in total. The molecule has 16 heavy (non-hydrogen) atoms. The van der Waals surface area contributed by atoms with E-state index in [0.29, 0.717) is 17.4 Å². The number of hydrogen-bond acceptors (Lipinski definition) is 4. The van der Waals surface area contributed by atoms with Crippen LogP contribution in [-0.2, 0) is 0 Å². The van der Waals surface area contributed by atoms with Gasteiger partial charge in [0.15, 0.2) is 12.6 Å². The van der Waals surface area contributed by atoms with Gasteiger partial charge in [0.25, 0.3) is 0 Å². The Bertz CT molecular complexity index is 398. The van der Waals surface area contributed by atoms with Crippen LogP contribution in [0.3, 0.4) is 0 Å². The summed E-state index contributed by atoms with van der Waals surface area (Å²) in [5.74, 6) is 0. The molecule has 2 rings (SSSR count). The van der Waals surface area contributed by atoms with Crippen molar-refractivity contribution >= 4 is 18.3 Å². The summed E-state index contributed by atoms with van der Waals surface area (Å²) in [7, 11) is 0. The number of hydrogen-bond donors (Lipinski definition) is 1. The van der Waals surface area contributed by atoms with Crippen LogP contribution in [0.4, 0.5) is 5.69 Å². The third kappa shape index (κ3) is 2.12. The molecule has 1 fully saturated rings. The maximum Gasteiger partial charge on any atom is 0.150 e. The Balaban J connectivity index is 2.27. The molecule has 84 valence electrons. The molecule has 4 nitrogen and oxygen atoms in total. The van der Waals surface area contributed by atoms with Crippen molar-refractivity contribution in [2.75, 3.05) is 31.1 Å². The minimum absolute atomic E-state index is 0.453. The average molecular weight is 218 g/mol. The van der Waals surface area contributed by atoms with E-state index in [1.807, 2.05) is 6.07 Å². The van der Waals surface area contributed by atoms with Crippen LogP contribution in [0.15, 0.2) is 18.2 Å². The molecule has 0 saturated carbocycles. The first kappa shape index (κ1) is 10.8. The Hall–Kier alpha value is -1.68. The summed E-state index contributed by atoms with van der Waals surface area (Å²) in [6.45, 7) is 3.76. The summed E-state index contributed by atoms with van der Waals surface area (Å²) in [6, 6.07) is 5.37. The van der Waals surface area contributed by atoms with Gasteiger partial charge >= 0.3 is 0 Å². The molecule has 1 saturated heterocycles. The van der Waals surface area contributed by atoms with Gasteiger partial charge in [0, 0.05) is 43.0 Å². The van der Waals surface area contributed by atoms with Crippen molar-refractivity contribution in [3.05, 3.63) is 29.3 Å². The highest BCUT2D eigenvalue weighted by Gasteiger charge is 2.11. The van der Waals surface area contributed by atoms with Gasteiger partial charge in [-0.3, -0.25) is 9.59 Å². The molecule has 1 aliphatic heterocycles. The monoisotopic (exact) mass is 218 g/mol. The molecular weight excluding hydrogens is 204 g/mol. The summed E-state index contributed by atoms with van der Waals surface area (Å²) in [5, 5.41) is 3.27. The number of nitrogens with one attached hydrogen (secondary N) is 1. The van der Waals surface area contributed by atoms with E-state index in [1.165, 1.54) is 0 Å². The minimum atomic E-state index is 0.453. The summed E-state index contributed by atoms with van der Waals surface area (Å²) >= 11 is 0. The first-order valence-electron chi connectivity index (χ1n) is 5.35. The predicted octanol–water partition coefficient (Wildman–Crippen LogP) is 0.721. The highest BCUT2D eigenvalue weighted by molar-refractivity contribution is 5.91. The van der Waals surface area contributed by atoms with E-state index >= 15 is 0 Å². The normalized spacial score (nSPS) is 15.9. The van der Waals surface area contributed by atoms with Crippen LogP contribution >= 0.6 is 0 Å². The van der Waals surface area contributed by atoms with E-state index in [2.05, 4.69) is 10.2 Å². The Morgan fingerprint density at radius 3 is 2.38 bits per heavy atom. The maximum atomic E-state index is 10.8. The lowest BCUT2D eigenvalue weighted by molar-refractivity contribution is 0.109. The van der Waals surface area contributed by atoms with Gasteiger partial charge in [-0.25, -0.2) is 0 Å². The zero-order chi connectivity index (χ0) is 11.4. The van der Waals surface area contributed by atoms with Gasteiger partial charge in [-0.15, -0.1) is 0 Å². The van der Waals surface area contributed by atoms with Crippen molar-refractivity contribution in [2.24, 2.45) is 0 Å². The van der Waals surface area contributed by atoms with Crippen molar-refractivity contribution in [1.29, 1.82) is 0 Å². The highest BCUT2D eigenvalue weighted by atomic mass is 16.1. The van der Waals surface area contributed by atoms with E-state index in [-0.39, 0.29) is 0 Å². The second-order valence-corrected chi connectivity index (χ2v) is 3.79. The molecule has 1 heterocycles. The van der Waals surface area contributed by atoms with Gasteiger partial charge in [-0.2, -0.15) is 0 Å². The fraction of sp³-hybridized carbons (Fsp3) is 0.333. The smallest absolute Gasteiger partial charge is 0.150 e. The van der Waals surface area contributed by atoms with Crippen LogP contribution < -0.4 is 10.2 Å².